The fourth-order valence-corrected chi connectivity index (χ4v) is 3.72. The summed E-state index contributed by atoms with van der Waals surface area (Å²) in [6.45, 7) is 0.227. The molecule has 0 aliphatic heterocycles. The van der Waals surface area contributed by atoms with E-state index in [1.165, 1.54) is 12.1 Å². The zero-order valence-electron chi connectivity index (χ0n) is 11.1. The van der Waals surface area contributed by atoms with Gasteiger partial charge in [-0.25, -0.2) is 17.9 Å². The highest BCUT2D eigenvalue weighted by molar-refractivity contribution is 7.89. The highest BCUT2D eigenvalue weighted by Gasteiger charge is 2.25. The highest BCUT2D eigenvalue weighted by Crippen LogP contribution is 2.25. The molecule has 1 fully saturated rings. The Morgan fingerprint density at radius 1 is 1.38 bits per heavy atom. The van der Waals surface area contributed by atoms with Crippen LogP contribution in [0.5, 0.6) is 0 Å². The van der Waals surface area contributed by atoms with Crippen LogP contribution in [0.15, 0.2) is 23.1 Å². The maximum Gasteiger partial charge on any atom is 0.337 e. The molecule has 2 atom stereocenters. The molecule has 0 saturated heterocycles. The van der Waals surface area contributed by atoms with E-state index in [1.54, 1.807) is 0 Å². The normalized spacial score (nSPS) is 22.4. The van der Waals surface area contributed by atoms with Gasteiger partial charge in [0.05, 0.1) is 21.6 Å². The van der Waals surface area contributed by atoms with E-state index in [9.17, 15) is 18.3 Å². The number of aromatic carboxylic acids is 1. The standard InChI is InChI=1S/C13H16ClNO5S/c14-12-4-3-10(6-11(12)13(17)18)21(19,20)15-7-8-1-2-9(16)5-8/h3-4,6,8-9,15-16H,1-2,5,7H2,(H,17,18). The molecule has 0 aromatic heterocycles. The van der Waals surface area contributed by atoms with Crippen LogP contribution in [-0.2, 0) is 10.0 Å². The zero-order valence-corrected chi connectivity index (χ0v) is 12.7. The van der Waals surface area contributed by atoms with Gasteiger partial charge in [0.25, 0.3) is 0 Å². The van der Waals surface area contributed by atoms with Crippen molar-refractivity contribution >= 4 is 27.6 Å². The number of hydrogen-bond donors (Lipinski definition) is 3. The predicted octanol–water partition coefficient (Wildman–Crippen LogP) is 1.48. The van der Waals surface area contributed by atoms with Crippen LogP contribution in [0.3, 0.4) is 0 Å². The third-order valence-electron chi connectivity index (χ3n) is 3.55. The van der Waals surface area contributed by atoms with Crippen molar-refractivity contribution in [1.82, 2.24) is 4.72 Å². The molecular formula is C13H16ClNO5S. The number of carboxylic acids is 1. The van der Waals surface area contributed by atoms with Crippen LogP contribution in [0.2, 0.25) is 5.02 Å². The van der Waals surface area contributed by atoms with Gasteiger partial charge in [0.1, 0.15) is 0 Å². The fourth-order valence-electron chi connectivity index (χ4n) is 2.38. The summed E-state index contributed by atoms with van der Waals surface area (Å²) in [5.41, 5.74) is -0.254. The van der Waals surface area contributed by atoms with Gasteiger partial charge in [0.15, 0.2) is 0 Å². The fraction of sp³-hybridized carbons (Fsp3) is 0.462. The number of aliphatic hydroxyl groups excluding tert-OH is 1. The SMILES string of the molecule is O=C(O)c1cc(S(=O)(=O)NCC2CCC(O)C2)ccc1Cl. The van der Waals surface area contributed by atoms with Crippen LogP contribution in [0.4, 0.5) is 0 Å². The van der Waals surface area contributed by atoms with Crippen molar-refractivity contribution in [2.75, 3.05) is 6.54 Å². The third kappa shape index (κ3) is 3.94. The average molecular weight is 334 g/mol. The third-order valence-corrected chi connectivity index (χ3v) is 5.30. The lowest BCUT2D eigenvalue weighted by molar-refractivity contribution is 0.0697. The summed E-state index contributed by atoms with van der Waals surface area (Å²) in [6.07, 6.45) is 1.65. The Labute approximate surface area is 127 Å². The van der Waals surface area contributed by atoms with Gasteiger partial charge in [0, 0.05) is 6.54 Å². The van der Waals surface area contributed by atoms with Crippen LogP contribution in [0.1, 0.15) is 29.6 Å². The lowest BCUT2D eigenvalue weighted by Crippen LogP contribution is -2.29. The summed E-state index contributed by atoms with van der Waals surface area (Å²) in [4.78, 5) is 10.8. The lowest BCUT2D eigenvalue weighted by Gasteiger charge is -2.12. The molecule has 21 heavy (non-hydrogen) atoms. The molecule has 0 heterocycles. The topological polar surface area (TPSA) is 104 Å². The molecule has 2 unspecified atom stereocenters. The van der Waals surface area contributed by atoms with Crippen molar-refractivity contribution < 1.29 is 23.4 Å². The van der Waals surface area contributed by atoms with E-state index in [0.29, 0.717) is 12.8 Å². The summed E-state index contributed by atoms with van der Waals surface area (Å²) in [5, 5.41) is 18.4. The van der Waals surface area contributed by atoms with Gasteiger partial charge in [-0.2, -0.15) is 0 Å². The molecule has 3 N–H and O–H groups in total. The number of rotatable bonds is 5. The van der Waals surface area contributed by atoms with E-state index in [2.05, 4.69) is 4.72 Å². The Hall–Kier alpha value is -1.15. The molecule has 0 radical (unpaired) electrons. The summed E-state index contributed by atoms with van der Waals surface area (Å²) in [6, 6.07) is 3.55. The Morgan fingerprint density at radius 3 is 2.67 bits per heavy atom. The van der Waals surface area contributed by atoms with Crippen LogP contribution in [0.25, 0.3) is 0 Å². The first-order valence-electron chi connectivity index (χ1n) is 6.50. The molecule has 0 bridgehead atoms. The molecule has 1 aromatic carbocycles. The first kappa shape index (κ1) is 16.2. The van der Waals surface area contributed by atoms with Gasteiger partial charge in [-0.05, 0) is 43.4 Å². The van der Waals surface area contributed by atoms with E-state index in [-0.39, 0.29) is 34.0 Å². The quantitative estimate of drug-likeness (QED) is 0.757. The van der Waals surface area contributed by atoms with Crippen molar-refractivity contribution in [3.8, 4) is 0 Å². The van der Waals surface area contributed by atoms with E-state index in [4.69, 9.17) is 16.7 Å². The van der Waals surface area contributed by atoms with Crippen LogP contribution < -0.4 is 4.72 Å². The molecule has 6 nitrogen and oxygen atoms in total. The minimum Gasteiger partial charge on any atom is -0.478 e. The molecule has 2 rings (SSSR count). The van der Waals surface area contributed by atoms with Gasteiger partial charge in [-0.3, -0.25) is 0 Å². The van der Waals surface area contributed by atoms with Gasteiger partial charge >= 0.3 is 5.97 Å². The second-order valence-electron chi connectivity index (χ2n) is 5.13. The van der Waals surface area contributed by atoms with Gasteiger partial charge < -0.3 is 10.2 Å². The first-order chi connectivity index (χ1) is 9.79. The van der Waals surface area contributed by atoms with Crippen molar-refractivity contribution in [3.63, 3.8) is 0 Å². The van der Waals surface area contributed by atoms with Crippen LogP contribution >= 0.6 is 11.6 Å². The number of nitrogens with one attached hydrogen (secondary N) is 1. The number of sulfonamides is 1. The van der Waals surface area contributed by atoms with Crippen LogP contribution in [0, 0.1) is 5.92 Å². The van der Waals surface area contributed by atoms with Gasteiger partial charge in [-0.1, -0.05) is 11.6 Å². The van der Waals surface area contributed by atoms with Crippen molar-refractivity contribution in [2.24, 2.45) is 5.92 Å². The largest absolute Gasteiger partial charge is 0.478 e. The maximum atomic E-state index is 12.1. The molecule has 116 valence electrons. The smallest absolute Gasteiger partial charge is 0.337 e. The number of aliphatic hydroxyl groups is 1. The highest BCUT2D eigenvalue weighted by atomic mass is 35.5. The molecule has 1 aliphatic rings. The maximum absolute atomic E-state index is 12.1. The molecule has 1 aromatic rings. The minimum absolute atomic E-state index is 0.0136. The Morgan fingerprint density at radius 2 is 2.10 bits per heavy atom. The van der Waals surface area contributed by atoms with Crippen molar-refractivity contribution in [2.45, 2.75) is 30.3 Å². The van der Waals surface area contributed by atoms with Crippen molar-refractivity contribution in [3.05, 3.63) is 28.8 Å². The van der Waals surface area contributed by atoms with E-state index in [0.717, 1.165) is 12.5 Å². The summed E-state index contributed by atoms with van der Waals surface area (Å²) < 4.78 is 26.7. The van der Waals surface area contributed by atoms with Gasteiger partial charge in [-0.15, -0.1) is 0 Å². The second-order valence-corrected chi connectivity index (χ2v) is 7.31. The number of benzene rings is 1. The van der Waals surface area contributed by atoms with E-state index < -0.39 is 16.0 Å². The summed E-state index contributed by atoms with van der Waals surface area (Å²) in [5.74, 6) is -1.18. The predicted molar refractivity (Wildman–Crippen MR) is 76.9 cm³/mol. The molecule has 8 heteroatoms. The molecule has 1 aliphatic carbocycles. The van der Waals surface area contributed by atoms with E-state index >= 15 is 0 Å². The summed E-state index contributed by atoms with van der Waals surface area (Å²) >= 11 is 5.71. The Kier molecular flexibility index (Phi) is 4.88. The molecule has 1 saturated carbocycles. The second kappa shape index (κ2) is 6.31. The Bertz CT molecular complexity index is 646. The average Bonchev–Trinajstić information content (AvgIpc) is 2.82. The lowest BCUT2D eigenvalue weighted by atomic mass is 10.1. The minimum atomic E-state index is -3.79. The van der Waals surface area contributed by atoms with Crippen molar-refractivity contribution in [1.29, 1.82) is 0 Å². The van der Waals surface area contributed by atoms with Crippen LogP contribution in [-0.4, -0.2) is 37.2 Å². The van der Waals surface area contributed by atoms with E-state index in [1.807, 2.05) is 0 Å². The molecule has 0 spiro atoms. The number of halogens is 1. The monoisotopic (exact) mass is 333 g/mol. The number of carbonyl (C=O) groups is 1. The number of hydrogen-bond acceptors (Lipinski definition) is 4. The zero-order chi connectivity index (χ0) is 15.6. The first-order valence-corrected chi connectivity index (χ1v) is 8.36. The number of carboxylic acid groups (broad SMARTS) is 1. The molecular weight excluding hydrogens is 318 g/mol. The molecule has 0 amide bonds. The van der Waals surface area contributed by atoms with Gasteiger partial charge in [0.2, 0.25) is 10.0 Å². The Balaban J connectivity index is 2.12. The summed E-state index contributed by atoms with van der Waals surface area (Å²) in [7, 11) is -3.79.